The smallest absolute Gasteiger partial charge is 0.292 e. The number of carbonyl (C=O) groups is 1. The fourth-order valence-electron chi connectivity index (χ4n) is 1.90. The van der Waals surface area contributed by atoms with E-state index in [1.165, 1.54) is 24.3 Å². The van der Waals surface area contributed by atoms with E-state index >= 15 is 0 Å². The average Bonchev–Trinajstić information content (AvgIpc) is 2.51. The fraction of sp³-hybridized carbons (Fsp3) is 0.133. The van der Waals surface area contributed by atoms with Crippen LogP contribution in [0.3, 0.4) is 0 Å². The Hall–Kier alpha value is -3.16. The Morgan fingerprint density at radius 1 is 1.17 bits per heavy atom. The monoisotopic (exact) mass is 319 g/mol. The number of nitro benzene ring substituents is 1. The average molecular weight is 319 g/mol. The summed E-state index contributed by atoms with van der Waals surface area (Å²) < 4.78 is 13.1. The number of nitrogens with one attached hydrogen (secondary N) is 2. The van der Waals surface area contributed by atoms with E-state index in [0.29, 0.717) is 5.56 Å². The van der Waals surface area contributed by atoms with Gasteiger partial charge in [-0.1, -0.05) is 0 Å². The first-order valence-electron chi connectivity index (χ1n) is 6.72. The van der Waals surface area contributed by atoms with Crippen molar-refractivity contribution in [1.29, 1.82) is 0 Å². The lowest BCUT2D eigenvalue weighted by Gasteiger charge is -2.09. The van der Waals surface area contributed by atoms with Gasteiger partial charge >= 0.3 is 0 Å². The molecule has 120 valence electrons. The highest BCUT2D eigenvalue weighted by Crippen LogP contribution is 2.24. The molecule has 0 saturated heterocycles. The summed E-state index contributed by atoms with van der Waals surface area (Å²) in [5.41, 5.74) is 0.185. The third-order valence-electron chi connectivity index (χ3n) is 3.01. The van der Waals surface area contributed by atoms with Gasteiger partial charge in [-0.25, -0.2) is 4.39 Å². The van der Waals surface area contributed by atoms with E-state index in [-0.39, 0.29) is 36.1 Å². The second kappa shape index (κ2) is 7.21. The van der Waals surface area contributed by atoms with Crippen LogP contribution in [0.5, 0.6) is 5.75 Å². The Labute approximate surface area is 130 Å². The molecule has 0 atom stereocenters. The minimum Gasteiger partial charge on any atom is -0.508 e. The summed E-state index contributed by atoms with van der Waals surface area (Å²) in [4.78, 5) is 22.0. The second-order valence-corrected chi connectivity index (χ2v) is 4.65. The van der Waals surface area contributed by atoms with Gasteiger partial charge in [-0.05, 0) is 30.3 Å². The van der Waals surface area contributed by atoms with Gasteiger partial charge in [0, 0.05) is 30.8 Å². The number of nitrogens with zero attached hydrogens (tertiary/aromatic N) is 1. The van der Waals surface area contributed by atoms with Gasteiger partial charge in [-0.2, -0.15) is 0 Å². The summed E-state index contributed by atoms with van der Waals surface area (Å²) in [7, 11) is 0. The standard InChI is InChI=1S/C15H14FN3O4/c16-11-3-6-14(19(22)23)13(9-11)17-7-8-18-15(21)10-1-4-12(20)5-2-10/h1-6,9,17,20H,7-8H2,(H,18,21). The van der Waals surface area contributed by atoms with Crippen LogP contribution in [0.2, 0.25) is 0 Å². The quantitative estimate of drug-likeness (QED) is 0.430. The number of aromatic hydroxyl groups is 1. The normalized spacial score (nSPS) is 10.1. The number of halogens is 1. The zero-order chi connectivity index (χ0) is 16.8. The molecule has 8 heteroatoms. The number of nitro groups is 1. The van der Waals surface area contributed by atoms with E-state index in [4.69, 9.17) is 5.11 Å². The van der Waals surface area contributed by atoms with Gasteiger partial charge in [0.1, 0.15) is 17.3 Å². The molecule has 0 aromatic heterocycles. The minimum atomic E-state index is -0.614. The van der Waals surface area contributed by atoms with E-state index in [0.717, 1.165) is 18.2 Å². The number of anilines is 1. The number of benzene rings is 2. The Morgan fingerprint density at radius 3 is 2.52 bits per heavy atom. The first-order chi connectivity index (χ1) is 11.0. The number of phenolic OH excluding ortho intramolecular Hbond substituents is 1. The minimum absolute atomic E-state index is 0.0499. The van der Waals surface area contributed by atoms with Crippen molar-refractivity contribution in [2.45, 2.75) is 0 Å². The molecule has 1 amide bonds. The largest absolute Gasteiger partial charge is 0.508 e. The topological polar surface area (TPSA) is 104 Å². The number of amides is 1. The maximum absolute atomic E-state index is 13.1. The Morgan fingerprint density at radius 2 is 1.87 bits per heavy atom. The van der Waals surface area contributed by atoms with Crippen molar-refractivity contribution in [3.05, 3.63) is 64.0 Å². The third kappa shape index (κ3) is 4.40. The van der Waals surface area contributed by atoms with Crippen LogP contribution < -0.4 is 10.6 Å². The van der Waals surface area contributed by atoms with Crippen molar-refractivity contribution in [1.82, 2.24) is 5.32 Å². The van der Waals surface area contributed by atoms with Gasteiger partial charge in [0.05, 0.1) is 4.92 Å². The van der Waals surface area contributed by atoms with Crippen molar-refractivity contribution in [3.63, 3.8) is 0 Å². The molecule has 0 unspecified atom stereocenters. The molecule has 0 aliphatic rings. The molecule has 0 saturated carbocycles. The Kier molecular flexibility index (Phi) is 5.08. The molecule has 0 aliphatic heterocycles. The van der Waals surface area contributed by atoms with Crippen LogP contribution in [-0.4, -0.2) is 29.0 Å². The SMILES string of the molecule is O=C(NCCNc1cc(F)ccc1[N+](=O)[O-])c1ccc(O)cc1. The molecule has 2 rings (SSSR count). The third-order valence-corrected chi connectivity index (χ3v) is 3.01. The fourth-order valence-corrected chi connectivity index (χ4v) is 1.90. The molecule has 0 fully saturated rings. The highest BCUT2D eigenvalue weighted by atomic mass is 19.1. The molecule has 23 heavy (non-hydrogen) atoms. The second-order valence-electron chi connectivity index (χ2n) is 4.65. The van der Waals surface area contributed by atoms with E-state index in [1.54, 1.807) is 0 Å². The molecule has 0 bridgehead atoms. The Balaban J connectivity index is 1.88. The first-order valence-corrected chi connectivity index (χ1v) is 6.72. The van der Waals surface area contributed by atoms with Gasteiger partial charge in [0.25, 0.3) is 11.6 Å². The molecule has 0 radical (unpaired) electrons. The molecule has 0 heterocycles. The number of carbonyl (C=O) groups excluding carboxylic acids is 1. The molecule has 0 aliphatic carbocycles. The summed E-state index contributed by atoms with van der Waals surface area (Å²) in [5, 5.41) is 25.3. The molecule has 2 aromatic carbocycles. The highest BCUT2D eigenvalue weighted by molar-refractivity contribution is 5.94. The lowest BCUT2D eigenvalue weighted by Crippen LogP contribution is -2.28. The van der Waals surface area contributed by atoms with Crippen LogP contribution in [0.4, 0.5) is 15.8 Å². The molecular weight excluding hydrogens is 305 g/mol. The molecule has 0 spiro atoms. The Bertz CT molecular complexity index is 719. The van der Waals surface area contributed by atoms with Gasteiger partial charge < -0.3 is 15.7 Å². The summed E-state index contributed by atoms with van der Waals surface area (Å²) >= 11 is 0. The summed E-state index contributed by atoms with van der Waals surface area (Å²) in [6, 6.07) is 8.83. The maximum atomic E-state index is 13.1. The van der Waals surface area contributed by atoms with E-state index in [9.17, 15) is 19.3 Å². The van der Waals surface area contributed by atoms with Crippen molar-refractivity contribution in [2.75, 3.05) is 18.4 Å². The molecule has 3 N–H and O–H groups in total. The highest BCUT2D eigenvalue weighted by Gasteiger charge is 2.14. The summed E-state index contributed by atoms with van der Waals surface area (Å²) in [6.45, 7) is 0.376. The summed E-state index contributed by atoms with van der Waals surface area (Å²) in [6.07, 6.45) is 0. The van der Waals surface area contributed by atoms with Gasteiger partial charge in [-0.15, -0.1) is 0 Å². The van der Waals surface area contributed by atoms with E-state index in [1.807, 2.05) is 0 Å². The first kappa shape index (κ1) is 16.2. The van der Waals surface area contributed by atoms with Crippen molar-refractivity contribution >= 4 is 17.3 Å². The van der Waals surface area contributed by atoms with E-state index in [2.05, 4.69) is 10.6 Å². The van der Waals surface area contributed by atoms with Gasteiger partial charge in [0.2, 0.25) is 0 Å². The lowest BCUT2D eigenvalue weighted by molar-refractivity contribution is -0.384. The molecular formula is C15H14FN3O4. The predicted octanol–water partition coefficient (Wildman–Crippen LogP) is 2.28. The van der Waals surface area contributed by atoms with Crippen LogP contribution >= 0.6 is 0 Å². The van der Waals surface area contributed by atoms with Crippen LogP contribution in [-0.2, 0) is 0 Å². The zero-order valence-electron chi connectivity index (χ0n) is 12.0. The molecule has 7 nitrogen and oxygen atoms in total. The number of hydrogen-bond acceptors (Lipinski definition) is 5. The summed E-state index contributed by atoms with van der Waals surface area (Å²) in [5.74, 6) is -0.881. The maximum Gasteiger partial charge on any atom is 0.292 e. The predicted molar refractivity (Wildman–Crippen MR) is 82.0 cm³/mol. The van der Waals surface area contributed by atoms with Gasteiger partial charge in [0.15, 0.2) is 0 Å². The van der Waals surface area contributed by atoms with Crippen molar-refractivity contribution < 1.29 is 19.2 Å². The molecule has 2 aromatic rings. The van der Waals surface area contributed by atoms with E-state index < -0.39 is 10.7 Å². The van der Waals surface area contributed by atoms with Crippen LogP contribution in [0.25, 0.3) is 0 Å². The van der Waals surface area contributed by atoms with Crippen LogP contribution in [0.1, 0.15) is 10.4 Å². The van der Waals surface area contributed by atoms with Gasteiger partial charge in [-0.3, -0.25) is 14.9 Å². The van der Waals surface area contributed by atoms with Crippen molar-refractivity contribution in [3.8, 4) is 5.75 Å². The van der Waals surface area contributed by atoms with Crippen LogP contribution in [0.15, 0.2) is 42.5 Å². The van der Waals surface area contributed by atoms with Crippen LogP contribution in [0, 0.1) is 15.9 Å². The number of rotatable bonds is 6. The van der Waals surface area contributed by atoms with Crippen molar-refractivity contribution in [2.24, 2.45) is 0 Å². The number of hydrogen-bond donors (Lipinski definition) is 3. The lowest BCUT2D eigenvalue weighted by atomic mass is 10.2. The zero-order valence-corrected chi connectivity index (χ0v) is 12.0. The number of phenols is 1.